The Balaban J connectivity index is 2.74. The lowest BCUT2D eigenvalue weighted by Crippen LogP contribution is -1.98. The summed E-state index contributed by atoms with van der Waals surface area (Å²) in [5.74, 6) is 0.593. The molecule has 2 aromatic rings. The third-order valence-electron chi connectivity index (χ3n) is 3.83. The van der Waals surface area contributed by atoms with Gasteiger partial charge in [-0.05, 0) is 53.6 Å². The van der Waals surface area contributed by atoms with E-state index in [9.17, 15) is 10.2 Å². The summed E-state index contributed by atoms with van der Waals surface area (Å²) < 4.78 is 0. The highest BCUT2D eigenvalue weighted by Gasteiger charge is 2.16. The second-order valence-corrected chi connectivity index (χ2v) is 5.01. The molecule has 0 spiro atoms. The molecule has 0 aliphatic heterocycles. The Hall–Kier alpha value is -1.96. The van der Waals surface area contributed by atoms with Gasteiger partial charge in [-0.1, -0.05) is 39.0 Å². The van der Waals surface area contributed by atoms with Crippen molar-refractivity contribution in [3.05, 3.63) is 47.0 Å². The number of aryl methyl sites for hydroxylation is 2. The van der Waals surface area contributed by atoms with E-state index in [0.29, 0.717) is 5.75 Å². The third kappa shape index (κ3) is 2.51. The van der Waals surface area contributed by atoms with Crippen molar-refractivity contribution in [2.45, 2.75) is 40.0 Å². The zero-order chi connectivity index (χ0) is 14.7. The Morgan fingerprint density at radius 2 is 1.55 bits per heavy atom. The Bertz CT molecular complexity index is 615. The molecule has 0 radical (unpaired) electrons. The Labute approximate surface area is 120 Å². The first kappa shape index (κ1) is 14.4. The van der Waals surface area contributed by atoms with Crippen LogP contribution in [0.2, 0.25) is 0 Å². The van der Waals surface area contributed by atoms with Crippen molar-refractivity contribution < 1.29 is 10.2 Å². The molecule has 0 aliphatic carbocycles. The minimum atomic E-state index is 0.224. The molecular weight excluding hydrogens is 248 g/mol. The van der Waals surface area contributed by atoms with Crippen LogP contribution >= 0.6 is 0 Å². The summed E-state index contributed by atoms with van der Waals surface area (Å²) in [6.45, 7) is 6.26. The molecule has 0 heterocycles. The van der Waals surface area contributed by atoms with Gasteiger partial charge in [-0.25, -0.2) is 0 Å². The van der Waals surface area contributed by atoms with Gasteiger partial charge in [0.15, 0.2) is 0 Å². The second kappa shape index (κ2) is 6.00. The predicted octanol–water partition coefficient (Wildman–Crippen LogP) is 4.45. The average Bonchev–Trinajstić information content (AvgIpc) is 2.45. The summed E-state index contributed by atoms with van der Waals surface area (Å²) in [6, 6.07) is 9.28. The number of rotatable bonds is 4. The van der Waals surface area contributed by atoms with Gasteiger partial charge in [-0.3, -0.25) is 0 Å². The van der Waals surface area contributed by atoms with E-state index in [2.05, 4.69) is 26.8 Å². The molecule has 0 saturated heterocycles. The third-order valence-corrected chi connectivity index (χ3v) is 3.83. The van der Waals surface area contributed by atoms with Crippen molar-refractivity contribution in [1.29, 1.82) is 0 Å². The van der Waals surface area contributed by atoms with Crippen molar-refractivity contribution in [3.8, 4) is 22.6 Å². The Morgan fingerprint density at radius 3 is 2.10 bits per heavy atom. The summed E-state index contributed by atoms with van der Waals surface area (Å²) in [4.78, 5) is 0. The maximum Gasteiger partial charge on any atom is 0.127 e. The predicted molar refractivity (Wildman–Crippen MR) is 83.3 cm³/mol. The zero-order valence-corrected chi connectivity index (χ0v) is 12.4. The van der Waals surface area contributed by atoms with Crippen LogP contribution in [0.15, 0.2) is 30.3 Å². The molecule has 0 unspecified atom stereocenters. The summed E-state index contributed by atoms with van der Waals surface area (Å²) in [5, 5.41) is 20.3. The van der Waals surface area contributed by atoms with E-state index in [4.69, 9.17) is 0 Å². The van der Waals surface area contributed by atoms with Crippen molar-refractivity contribution in [2.75, 3.05) is 0 Å². The van der Waals surface area contributed by atoms with E-state index < -0.39 is 0 Å². The van der Waals surface area contributed by atoms with Crippen molar-refractivity contribution in [2.24, 2.45) is 0 Å². The van der Waals surface area contributed by atoms with Crippen LogP contribution in [0.4, 0.5) is 0 Å². The van der Waals surface area contributed by atoms with Crippen LogP contribution in [0.5, 0.6) is 11.5 Å². The topological polar surface area (TPSA) is 40.5 Å². The highest BCUT2D eigenvalue weighted by atomic mass is 16.3. The molecule has 2 heteroatoms. The van der Waals surface area contributed by atoms with Gasteiger partial charge in [0, 0.05) is 5.56 Å². The fourth-order valence-corrected chi connectivity index (χ4v) is 2.80. The van der Waals surface area contributed by atoms with Gasteiger partial charge in [0.25, 0.3) is 0 Å². The molecule has 2 nitrogen and oxygen atoms in total. The van der Waals surface area contributed by atoms with Gasteiger partial charge in [0.2, 0.25) is 0 Å². The number of benzene rings is 2. The lowest BCUT2D eigenvalue weighted by molar-refractivity contribution is 0.468. The van der Waals surface area contributed by atoms with Crippen molar-refractivity contribution in [3.63, 3.8) is 0 Å². The summed E-state index contributed by atoms with van der Waals surface area (Å²) in [5.41, 5.74) is 5.09. The standard InChI is InChI=1S/C18H22O2/c1-4-12-10-13(5-2)17(18(20)16(12)6-3)14-8-7-9-15(19)11-14/h7-11,19-20H,4-6H2,1-3H3. The average molecular weight is 270 g/mol. The molecule has 2 N–H and O–H groups in total. The summed E-state index contributed by atoms with van der Waals surface area (Å²) in [6.07, 6.45) is 2.59. The first-order valence-electron chi connectivity index (χ1n) is 7.28. The molecule has 20 heavy (non-hydrogen) atoms. The van der Waals surface area contributed by atoms with E-state index in [-0.39, 0.29) is 5.75 Å². The Morgan fingerprint density at radius 1 is 0.850 bits per heavy atom. The molecule has 0 atom stereocenters. The van der Waals surface area contributed by atoms with Crippen LogP contribution in [0, 0.1) is 0 Å². The minimum absolute atomic E-state index is 0.224. The molecule has 0 aromatic heterocycles. The lowest BCUT2D eigenvalue weighted by atomic mass is 9.89. The molecule has 0 fully saturated rings. The van der Waals surface area contributed by atoms with Crippen molar-refractivity contribution >= 4 is 0 Å². The normalized spacial score (nSPS) is 10.8. The molecular formula is C18H22O2. The monoisotopic (exact) mass is 270 g/mol. The maximum atomic E-state index is 10.7. The van der Waals surface area contributed by atoms with Crippen LogP contribution in [0.1, 0.15) is 37.5 Å². The maximum absolute atomic E-state index is 10.7. The second-order valence-electron chi connectivity index (χ2n) is 5.01. The highest BCUT2D eigenvalue weighted by molar-refractivity contribution is 5.77. The van der Waals surface area contributed by atoms with Crippen molar-refractivity contribution in [1.82, 2.24) is 0 Å². The van der Waals surface area contributed by atoms with Crippen LogP contribution in [-0.4, -0.2) is 10.2 Å². The molecule has 0 aliphatic rings. The Kier molecular flexibility index (Phi) is 4.33. The van der Waals surface area contributed by atoms with E-state index in [1.807, 2.05) is 12.1 Å². The quantitative estimate of drug-likeness (QED) is 0.861. The van der Waals surface area contributed by atoms with Gasteiger partial charge >= 0.3 is 0 Å². The lowest BCUT2D eigenvalue weighted by Gasteiger charge is -2.17. The fourth-order valence-electron chi connectivity index (χ4n) is 2.80. The van der Waals surface area contributed by atoms with Crippen LogP contribution in [0.25, 0.3) is 11.1 Å². The number of phenolic OH excluding ortho intramolecular Hbond substituents is 2. The largest absolute Gasteiger partial charge is 0.508 e. The highest BCUT2D eigenvalue weighted by Crippen LogP contribution is 2.39. The summed E-state index contributed by atoms with van der Waals surface area (Å²) >= 11 is 0. The van der Waals surface area contributed by atoms with Crippen LogP contribution < -0.4 is 0 Å². The number of hydrogen-bond donors (Lipinski definition) is 2. The van der Waals surface area contributed by atoms with Crippen LogP contribution in [0.3, 0.4) is 0 Å². The van der Waals surface area contributed by atoms with Gasteiger partial charge in [-0.15, -0.1) is 0 Å². The number of hydrogen-bond acceptors (Lipinski definition) is 2. The van der Waals surface area contributed by atoms with Gasteiger partial charge < -0.3 is 10.2 Å². The molecule has 0 saturated carbocycles. The van der Waals surface area contributed by atoms with Gasteiger partial charge in [0.1, 0.15) is 11.5 Å². The zero-order valence-electron chi connectivity index (χ0n) is 12.4. The smallest absolute Gasteiger partial charge is 0.127 e. The minimum Gasteiger partial charge on any atom is -0.508 e. The fraction of sp³-hybridized carbons (Fsp3) is 0.333. The van der Waals surface area contributed by atoms with E-state index in [1.54, 1.807) is 12.1 Å². The molecule has 106 valence electrons. The molecule has 2 aromatic carbocycles. The van der Waals surface area contributed by atoms with E-state index in [0.717, 1.165) is 41.5 Å². The number of aromatic hydroxyl groups is 2. The first-order chi connectivity index (χ1) is 9.62. The molecule has 2 rings (SSSR count). The molecule has 0 amide bonds. The van der Waals surface area contributed by atoms with E-state index >= 15 is 0 Å². The summed E-state index contributed by atoms with van der Waals surface area (Å²) in [7, 11) is 0. The SMILES string of the molecule is CCc1cc(CC)c(-c2cccc(O)c2)c(O)c1CC. The van der Waals surface area contributed by atoms with Crippen LogP contribution in [-0.2, 0) is 19.3 Å². The first-order valence-corrected chi connectivity index (χ1v) is 7.28. The molecule has 0 bridgehead atoms. The number of phenols is 2. The van der Waals surface area contributed by atoms with Gasteiger partial charge in [-0.2, -0.15) is 0 Å². The van der Waals surface area contributed by atoms with Gasteiger partial charge in [0.05, 0.1) is 0 Å². The van der Waals surface area contributed by atoms with E-state index in [1.165, 1.54) is 5.56 Å².